The predicted octanol–water partition coefficient (Wildman–Crippen LogP) is -0.230. The van der Waals surface area contributed by atoms with Gasteiger partial charge in [-0.05, 0) is 24.1 Å². The highest BCUT2D eigenvalue weighted by molar-refractivity contribution is 5.88. The van der Waals surface area contributed by atoms with Gasteiger partial charge in [-0.3, -0.25) is 9.59 Å². The van der Waals surface area contributed by atoms with Crippen molar-refractivity contribution in [2.45, 2.75) is 25.3 Å². The molecule has 0 fully saturated rings. The van der Waals surface area contributed by atoms with Crippen LogP contribution in [-0.2, 0) is 20.8 Å². The molecule has 2 amide bonds. The van der Waals surface area contributed by atoms with Crippen molar-refractivity contribution in [3.8, 4) is 5.75 Å². The molecule has 0 aliphatic heterocycles. The number of aliphatic carboxylic acids is 1. The van der Waals surface area contributed by atoms with Crippen molar-refractivity contribution in [2.75, 3.05) is 0 Å². The molecule has 1 rings (SSSR count). The zero-order chi connectivity index (χ0) is 15.1. The number of hydrogen-bond donors (Lipinski definition) is 4. The summed E-state index contributed by atoms with van der Waals surface area (Å²) in [4.78, 5) is 33.1. The zero-order valence-corrected chi connectivity index (χ0v) is 10.7. The summed E-state index contributed by atoms with van der Waals surface area (Å²) >= 11 is 0. The second-order valence-corrected chi connectivity index (χ2v) is 4.30. The number of phenolic OH excluding ortho intramolecular Hbond substituents is 1. The second kappa shape index (κ2) is 7.13. The molecule has 1 aromatic carbocycles. The van der Waals surface area contributed by atoms with Gasteiger partial charge in [0, 0.05) is 6.42 Å². The van der Waals surface area contributed by atoms with E-state index in [-0.39, 0.29) is 12.2 Å². The van der Waals surface area contributed by atoms with Crippen LogP contribution in [0.3, 0.4) is 0 Å². The van der Waals surface area contributed by atoms with Crippen LogP contribution in [0.25, 0.3) is 0 Å². The predicted molar refractivity (Wildman–Crippen MR) is 69.8 cm³/mol. The van der Waals surface area contributed by atoms with Gasteiger partial charge in [-0.2, -0.15) is 0 Å². The van der Waals surface area contributed by atoms with E-state index in [0.29, 0.717) is 6.42 Å². The first-order valence-corrected chi connectivity index (χ1v) is 5.97. The van der Waals surface area contributed by atoms with E-state index in [9.17, 15) is 14.4 Å². The molecule has 7 heteroatoms. The lowest BCUT2D eigenvalue weighted by molar-refractivity contribution is -0.143. The number of benzene rings is 1. The highest BCUT2D eigenvalue weighted by Crippen LogP contribution is 2.11. The van der Waals surface area contributed by atoms with Gasteiger partial charge in [0.25, 0.3) is 0 Å². The van der Waals surface area contributed by atoms with Crippen LogP contribution in [0.2, 0.25) is 0 Å². The maximum Gasteiger partial charge on any atom is 0.326 e. The van der Waals surface area contributed by atoms with Crippen LogP contribution in [0.1, 0.15) is 18.4 Å². The van der Waals surface area contributed by atoms with Gasteiger partial charge in [0.1, 0.15) is 11.8 Å². The molecule has 20 heavy (non-hydrogen) atoms. The fourth-order valence-corrected chi connectivity index (χ4v) is 1.59. The Labute approximate surface area is 115 Å². The summed E-state index contributed by atoms with van der Waals surface area (Å²) in [5, 5.41) is 20.2. The third-order valence-electron chi connectivity index (χ3n) is 2.62. The van der Waals surface area contributed by atoms with Crippen LogP contribution < -0.4 is 11.1 Å². The number of carbonyl (C=O) groups is 3. The van der Waals surface area contributed by atoms with Crippen molar-refractivity contribution in [2.24, 2.45) is 5.73 Å². The number of rotatable bonds is 7. The quantitative estimate of drug-likeness (QED) is 0.548. The summed E-state index contributed by atoms with van der Waals surface area (Å²) in [5.41, 5.74) is 5.74. The highest BCUT2D eigenvalue weighted by Gasteiger charge is 2.21. The van der Waals surface area contributed by atoms with Gasteiger partial charge < -0.3 is 21.3 Å². The van der Waals surface area contributed by atoms with Crippen LogP contribution in [-0.4, -0.2) is 34.0 Å². The number of aromatic hydroxyl groups is 1. The number of amides is 2. The van der Waals surface area contributed by atoms with Gasteiger partial charge >= 0.3 is 5.97 Å². The highest BCUT2D eigenvalue weighted by atomic mass is 16.4. The topological polar surface area (TPSA) is 130 Å². The lowest BCUT2D eigenvalue weighted by atomic mass is 10.1. The average molecular weight is 280 g/mol. The number of carboxylic acid groups (broad SMARTS) is 1. The first-order chi connectivity index (χ1) is 9.38. The zero-order valence-electron chi connectivity index (χ0n) is 10.7. The number of aryl methyl sites for hydroxylation is 1. The monoisotopic (exact) mass is 280 g/mol. The minimum absolute atomic E-state index is 0.0767. The normalized spacial score (nSPS) is 11.6. The lowest BCUT2D eigenvalue weighted by Crippen LogP contribution is -2.43. The van der Waals surface area contributed by atoms with Crippen LogP contribution in [0.5, 0.6) is 5.75 Å². The lowest BCUT2D eigenvalue weighted by Gasteiger charge is -2.12. The molecule has 0 spiro atoms. The third-order valence-corrected chi connectivity index (χ3v) is 2.62. The molecule has 0 saturated carbocycles. The van der Waals surface area contributed by atoms with E-state index in [0.717, 1.165) is 5.56 Å². The van der Waals surface area contributed by atoms with Gasteiger partial charge in [-0.15, -0.1) is 0 Å². The second-order valence-electron chi connectivity index (χ2n) is 4.30. The Morgan fingerprint density at radius 2 is 1.80 bits per heavy atom. The molecule has 1 aromatic rings. The molecule has 108 valence electrons. The van der Waals surface area contributed by atoms with Crippen molar-refractivity contribution in [3.63, 3.8) is 0 Å². The minimum Gasteiger partial charge on any atom is -0.508 e. The first-order valence-electron chi connectivity index (χ1n) is 5.97. The van der Waals surface area contributed by atoms with Crippen LogP contribution in [0.15, 0.2) is 24.3 Å². The Balaban J connectivity index is 2.47. The number of primary amides is 1. The van der Waals surface area contributed by atoms with E-state index in [2.05, 4.69) is 5.32 Å². The Morgan fingerprint density at radius 1 is 1.20 bits per heavy atom. The van der Waals surface area contributed by atoms with Crippen molar-refractivity contribution in [1.29, 1.82) is 0 Å². The molecule has 7 nitrogen and oxygen atoms in total. The Bertz CT molecular complexity index is 498. The van der Waals surface area contributed by atoms with Crippen LogP contribution in [0, 0.1) is 0 Å². The van der Waals surface area contributed by atoms with Crippen LogP contribution >= 0.6 is 0 Å². The Kier molecular flexibility index (Phi) is 5.52. The average Bonchev–Trinajstić information content (AvgIpc) is 2.36. The molecule has 5 N–H and O–H groups in total. The molecular formula is C13H16N2O5. The molecule has 0 radical (unpaired) electrons. The van der Waals surface area contributed by atoms with Crippen LogP contribution in [0.4, 0.5) is 0 Å². The van der Waals surface area contributed by atoms with Gasteiger partial charge in [0.2, 0.25) is 11.8 Å². The Morgan fingerprint density at radius 3 is 2.30 bits per heavy atom. The molecule has 0 unspecified atom stereocenters. The van der Waals surface area contributed by atoms with E-state index in [1.807, 2.05) is 0 Å². The summed E-state index contributed by atoms with van der Waals surface area (Å²) in [6.07, 6.45) is 0.0304. The molecule has 0 saturated heterocycles. The van der Waals surface area contributed by atoms with Gasteiger partial charge in [0.15, 0.2) is 0 Å². The largest absolute Gasteiger partial charge is 0.508 e. The van der Waals surface area contributed by atoms with Crippen molar-refractivity contribution >= 4 is 17.8 Å². The molecule has 0 aromatic heterocycles. The first kappa shape index (κ1) is 15.5. The molecule has 0 heterocycles. The number of nitrogens with one attached hydrogen (secondary N) is 1. The van der Waals surface area contributed by atoms with E-state index in [1.54, 1.807) is 12.1 Å². The maximum atomic E-state index is 11.6. The van der Waals surface area contributed by atoms with Crippen molar-refractivity contribution < 1.29 is 24.6 Å². The van der Waals surface area contributed by atoms with E-state index in [4.69, 9.17) is 15.9 Å². The van der Waals surface area contributed by atoms with Crippen molar-refractivity contribution in [3.05, 3.63) is 29.8 Å². The number of phenols is 1. The van der Waals surface area contributed by atoms with E-state index < -0.39 is 30.2 Å². The van der Waals surface area contributed by atoms with Gasteiger partial charge in [0.05, 0.1) is 6.42 Å². The summed E-state index contributed by atoms with van der Waals surface area (Å²) in [7, 11) is 0. The summed E-state index contributed by atoms with van der Waals surface area (Å²) in [6.45, 7) is 0. The fourth-order valence-electron chi connectivity index (χ4n) is 1.59. The SMILES string of the molecule is NC(=O)C[C@H](NC(=O)CCc1ccc(O)cc1)C(=O)O. The maximum absolute atomic E-state index is 11.6. The number of carbonyl (C=O) groups excluding carboxylic acids is 2. The third kappa shape index (κ3) is 5.38. The molecule has 0 aliphatic carbocycles. The summed E-state index contributed by atoms with van der Waals surface area (Å²) < 4.78 is 0. The number of nitrogens with two attached hydrogens (primary N) is 1. The molecule has 0 aliphatic rings. The molecule has 0 bridgehead atoms. The van der Waals surface area contributed by atoms with Gasteiger partial charge in [-0.1, -0.05) is 12.1 Å². The standard InChI is InChI=1S/C13H16N2O5/c14-11(17)7-10(13(19)20)15-12(18)6-3-8-1-4-9(16)5-2-8/h1-2,4-5,10,16H,3,6-7H2,(H2,14,17)(H,15,18)(H,19,20)/t10-/m0/s1. The number of carboxylic acids is 1. The smallest absolute Gasteiger partial charge is 0.326 e. The number of hydrogen-bond acceptors (Lipinski definition) is 4. The summed E-state index contributed by atoms with van der Waals surface area (Å²) in [6, 6.07) is 5.03. The fraction of sp³-hybridized carbons (Fsp3) is 0.308. The van der Waals surface area contributed by atoms with Crippen molar-refractivity contribution in [1.82, 2.24) is 5.32 Å². The Hall–Kier alpha value is -2.57. The van der Waals surface area contributed by atoms with E-state index >= 15 is 0 Å². The van der Waals surface area contributed by atoms with E-state index in [1.165, 1.54) is 12.1 Å². The minimum atomic E-state index is -1.31. The summed E-state index contributed by atoms with van der Waals surface area (Å²) in [5.74, 6) is -2.45. The van der Waals surface area contributed by atoms with Gasteiger partial charge in [-0.25, -0.2) is 4.79 Å². The molecular weight excluding hydrogens is 264 g/mol. The molecule has 1 atom stereocenters.